The van der Waals surface area contributed by atoms with Gasteiger partial charge in [0.05, 0.1) is 6.20 Å². The molecular weight excluding hydrogens is 319 g/mol. The molecule has 25 heavy (non-hydrogen) atoms. The Bertz CT molecular complexity index is 702. The van der Waals surface area contributed by atoms with Crippen LogP contribution in [0.1, 0.15) is 5.56 Å². The first-order valence-corrected chi connectivity index (χ1v) is 8.66. The number of nitrogens with zero attached hydrogens (tertiary/aromatic N) is 2. The van der Waals surface area contributed by atoms with E-state index in [2.05, 4.69) is 16.0 Å². The number of anilines is 1. The summed E-state index contributed by atoms with van der Waals surface area (Å²) in [5.41, 5.74) is 0.554. The van der Waals surface area contributed by atoms with Crippen LogP contribution in [-0.4, -0.2) is 50.6 Å². The molecule has 1 aromatic carbocycles. The van der Waals surface area contributed by atoms with E-state index >= 15 is 0 Å². The lowest BCUT2D eigenvalue weighted by molar-refractivity contribution is -0.892. The number of pyridine rings is 1. The lowest BCUT2D eigenvalue weighted by Gasteiger charge is -2.29. The van der Waals surface area contributed by atoms with Crippen LogP contribution in [0.15, 0.2) is 48.7 Å². The van der Waals surface area contributed by atoms with Gasteiger partial charge in [0.25, 0.3) is 11.7 Å². The van der Waals surface area contributed by atoms with Crippen LogP contribution in [0.5, 0.6) is 0 Å². The molecule has 1 aliphatic rings. The van der Waals surface area contributed by atoms with E-state index in [1.807, 2.05) is 18.3 Å². The van der Waals surface area contributed by atoms with Gasteiger partial charge >= 0.3 is 0 Å². The zero-order chi connectivity index (χ0) is 17.6. The fourth-order valence-electron chi connectivity index (χ4n) is 3.14. The molecule has 1 amide bonds. The summed E-state index contributed by atoms with van der Waals surface area (Å²) in [7, 11) is 1.74. The van der Waals surface area contributed by atoms with E-state index in [4.69, 9.17) is 0 Å². The molecule has 1 aromatic heterocycles. The number of H-pyrrole nitrogens is 1. The minimum atomic E-state index is -0.262. The maximum atomic E-state index is 13.7. The largest absolute Gasteiger partial charge is 0.336 e. The molecule has 0 radical (unpaired) electrons. The number of hydrogen-bond donors (Lipinski definition) is 1. The normalized spacial score (nSPS) is 15.2. The molecule has 0 spiro atoms. The number of carbonyl (C=O) groups excluding carboxylic acids is 1. The van der Waals surface area contributed by atoms with Gasteiger partial charge in [-0.15, -0.1) is 0 Å². The van der Waals surface area contributed by atoms with E-state index in [1.165, 1.54) is 11.0 Å². The maximum Gasteiger partial charge on any atom is 0.277 e. The summed E-state index contributed by atoms with van der Waals surface area (Å²) in [4.78, 5) is 20.9. The molecule has 0 aliphatic carbocycles. The zero-order valence-corrected chi connectivity index (χ0v) is 14.5. The Hall–Kier alpha value is -2.47. The van der Waals surface area contributed by atoms with E-state index in [0.29, 0.717) is 18.7 Å². The van der Waals surface area contributed by atoms with Gasteiger partial charge in [-0.25, -0.2) is 9.37 Å². The first-order valence-electron chi connectivity index (χ1n) is 8.66. The third-order valence-corrected chi connectivity index (χ3v) is 4.70. The molecule has 1 aliphatic heterocycles. The highest BCUT2D eigenvalue weighted by molar-refractivity contribution is 5.76. The van der Waals surface area contributed by atoms with Gasteiger partial charge in [-0.2, -0.15) is 0 Å². The number of amides is 1. The minimum Gasteiger partial charge on any atom is -0.336 e. The van der Waals surface area contributed by atoms with Crippen LogP contribution in [0.25, 0.3) is 0 Å². The van der Waals surface area contributed by atoms with E-state index in [0.717, 1.165) is 32.0 Å². The Morgan fingerprint density at radius 1 is 1.20 bits per heavy atom. The highest BCUT2D eigenvalue weighted by Gasteiger charge is 2.28. The van der Waals surface area contributed by atoms with Gasteiger partial charge in [0.2, 0.25) is 0 Å². The van der Waals surface area contributed by atoms with Crippen LogP contribution in [0.2, 0.25) is 0 Å². The Labute approximate surface area is 147 Å². The second-order valence-corrected chi connectivity index (χ2v) is 6.50. The molecule has 2 aromatic rings. The van der Waals surface area contributed by atoms with Crippen molar-refractivity contribution in [3.8, 4) is 0 Å². The summed E-state index contributed by atoms with van der Waals surface area (Å²) in [6.45, 7) is 4.44. The number of piperazine rings is 1. The van der Waals surface area contributed by atoms with E-state index in [-0.39, 0.29) is 11.7 Å². The molecule has 1 fully saturated rings. The van der Waals surface area contributed by atoms with Crippen LogP contribution in [0, 0.1) is 5.82 Å². The average Bonchev–Trinajstić information content (AvgIpc) is 2.65. The first-order chi connectivity index (χ1) is 12.1. The minimum absolute atomic E-state index is 0.0537. The van der Waals surface area contributed by atoms with Crippen molar-refractivity contribution in [2.75, 3.05) is 44.7 Å². The van der Waals surface area contributed by atoms with Crippen molar-refractivity contribution in [1.82, 2.24) is 4.90 Å². The number of rotatable bonds is 5. The van der Waals surface area contributed by atoms with Crippen molar-refractivity contribution < 1.29 is 19.1 Å². The Balaban J connectivity index is 1.48. The van der Waals surface area contributed by atoms with Crippen LogP contribution in [-0.2, 0) is 11.3 Å². The molecule has 2 heterocycles. The summed E-state index contributed by atoms with van der Waals surface area (Å²) in [6.07, 6.45) is 1.93. The van der Waals surface area contributed by atoms with Gasteiger partial charge in [-0.05, 0) is 12.1 Å². The smallest absolute Gasteiger partial charge is 0.277 e. The molecule has 5 nitrogen and oxygen atoms in total. The number of likely N-dealkylation sites (N-methyl/N-ethyl adjacent to an activating group) is 1. The summed E-state index contributed by atoms with van der Waals surface area (Å²) < 4.78 is 13.7. The molecule has 2 N–H and O–H groups in total. The van der Waals surface area contributed by atoms with E-state index in [9.17, 15) is 9.18 Å². The third-order valence-electron chi connectivity index (χ3n) is 4.70. The predicted octanol–water partition coefficient (Wildman–Crippen LogP) is 0.00330. The lowest BCUT2D eigenvalue weighted by Crippen LogP contribution is -3.15. The average molecular weight is 344 g/mol. The van der Waals surface area contributed by atoms with Crippen molar-refractivity contribution in [3.05, 3.63) is 60.0 Å². The Morgan fingerprint density at radius 2 is 1.92 bits per heavy atom. The zero-order valence-electron chi connectivity index (χ0n) is 14.5. The van der Waals surface area contributed by atoms with Crippen LogP contribution in [0.4, 0.5) is 10.2 Å². The Morgan fingerprint density at radius 3 is 2.60 bits per heavy atom. The second kappa shape index (κ2) is 8.07. The predicted molar refractivity (Wildman–Crippen MR) is 93.6 cm³/mol. The number of halogens is 1. The molecule has 0 saturated carbocycles. The standard InChI is InChI=1S/C19H23FN4O/c1-22(14-16-6-2-3-7-17(16)20)19(25)15-23-10-12-24(13-11-23)18-8-4-5-9-21-18/h2-9H,10-15H2,1H3/p+2. The molecule has 0 atom stereocenters. The lowest BCUT2D eigenvalue weighted by atomic mass is 10.2. The number of hydrogen-bond acceptors (Lipinski definition) is 2. The van der Waals surface area contributed by atoms with Crippen molar-refractivity contribution in [1.29, 1.82) is 0 Å². The highest BCUT2D eigenvalue weighted by Crippen LogP contribution is 2.09. The summed E-state index contributed by atoms with van der Waals surface area (Å²) in [5.74, 6) is 0.907. The van der Waals surface area contributed by atoms with E-state index in [1.54, 1.807) is 30.1 Å². The number of benzene rings is 1. The SMILES string of the molecule is CN(Cc1ccccc1F)C(=O)C[NH+]1CCN(c2cccc[nH+]2)CC1. The molecular formula is C19H25FN4O+2. The molecule has 0 unspecified atom stereocenters. The van der Waals surface area contributed by atoms with E-state index < -0.39 is 0 Å². The highest BCUT2D eigenvalue weighted by atomic mass is 19.1. The molecule has 6 heteroatoms. The number of carbonyl (C=O) groups is 1. The maximum absolute atomic E-state index is 13.7. The van der Waals surface area contributed by atoms with Crippen molar-refractivity contribution >= 4 is 11.7 Å². The number of nitrogens with one attached hydrogen (secondary N) is 2. The third kappa shape index (κ3) is 4.54. The molecule has 132 valence electrons. The fourth-order valence-corrected chi connectivity index (χ4v) is 3.14. The number of quaternary nitrogens is 1. The summed E-state index contributed by atoms with van der Waals surface area (Å²) in [5, 5.41) is 0. The van der Waals surface area contributed by atoms with Gasteiger partial charge in [0, 0.05) is 25.2 Å². The topological polar surface area (TPSA) is 42.1 Å². The summed E-state index contributed by atoms with van der Waals surface area (Å²) in [6, 6.07) is 12.7. The van der Waals surface area contributed by atoms with Crippen molar-refractivity contribution in [3.63, 3.8) is 0 Å². The molecule has 0 bridgehead atoms. The second-order valence-electron chi connectivity index (χ2n) is 6.50. The van der Waals surface area contributed by atoms with Crippen LogP contribution < -0.4 is 14.8 Å². The van der Waals surface area contributed by atoms with Gasteiger partial charge in [0.1, 0.15) is 32.0 Å². The van der Waals surface area contributed by atoms with Gasteiger partial charge in [0.15, 0.2) is 6.54 Å². The Kier molecular flexibility index (Phi) is 5.60. The number of aromatic amines is 1. The molecule has 3 rings (SSSR count). The van der Waals surface area contributed by atoms with Gasteiger partial charge in [-0.1, -0.05) is 24.3 Å². The van der Waals surface area contributed by atoms with Gasteiger partial charge in [-0.3, -0.25) is 9.69 Å². The van der Waals surface area contributed by atoms with Gasteiger partial charge < -0.3 is 9.80 Å². The molecule has 1 saturated heterocycles. The van der Waals surface area contributed by atoms with Crippen molar-refractivity contribution in [2.45, 2.75) is 6.54 Å². The monoisotopic (exact) mass is 344 g/mol. The van der Waals surface area contributed by atoms with Crippen LogP contribution >= 0.6 is 0 Å². The van der Waals surface area contributed by atoms with Crippen LogP contribution in [0.3, 0.4) is 0 Å². The number of aromatic nitrogens is 1. The van der Waals surface area contributed by atoms with Crippen molar-refractivity contribution in [2.24, 2.45) is 0 Å². The fraction of sp³-hybridized carbons (Fsp3) is 0.368. The quantitative estimate of drug-likeness (QED) is 0.830. The summed E-state index contributed by atoms with van der Waals surface area (Å²) >= 11 is 0. The first kappa shape index (κ1) is 17.4.